The van der Waals surface area contributed by atoms with Gasteiger partial charge in [0.1, 0.15) is 0 Å². The van der Waals surface area contributed by atoms with Crippen LogP contribution in [0, 0.1) is 17.2 Å². The van der Waals surface area contributed by atoms with Crippen LogP contribution >= 0.6 is 0 Å². The van der Waals surface area contributed by atoms with E-state index in [9.17, 15) is 0 Å². The zero-order valence-corrected chi connectivity index (χ0v) is 5.44. The van der Waals surface area contributed by atoms with Crippen LogP contribution in [0.25, 0.3) is 0 Å². The molecule has 0 saturated heterocycles. The Morgan fingerprint density at radius 1 is 1.75 bits per heavy atom. The van der Waals surface area contributed by atoms with Gasteiger partial charge in [-0.1, -0.05) is 6.92 Å². The van der Waals surface area contributed by atoms with Crippen LogP contribution in [0.15, 0.2) is 0 Å². The molecule has 0 aliphatic rings. The van der Waals surface area contributed by atoms with Crippen LogP contribution in [-0.2, 0) is 0 Å². The molecule has 2 heteroatoms. The van der Waals surface area contributed by atoms with Crippen LogP contribution in [-0.4, -0.2) is 13.6 Å². The van der Waals surface area contributed by atoms with Crippen LogP contribution in [0.1, 0.15) is 13.3 Å². The third-order valence-corrected chi connectivity index (χ3v) is 0.992. The monoisotopic (exact) mass is 112 g/mol. The molecule has 0 aromatic rings. The molecule has 8 heavy (non-hydrogen) atoms. The fourth-order valence-corrected chi connectivity index (χ4v) is 0.576. The zero-order chi connectivity index (χ0) is 6.41. The third kappa shape index (κ3) is 3.63. The van der Waals surface area contributed by atoms with Crippen LogP contribution < -0.4 is 5.32 Å². The molecule has 0 aromatic heterocycles. The molecular weight excluding hydrogens is 100 g/mol. The molecule has 1 N–H and O–H groups in total. The van der Waals surface area contributed by atoms with Crippen LogP contribution in [0.2, 0.25) is 0 Å². The maximum atomic E-state index is 8.19. The Morgan fingerprint density at radius 3 is 2.75 bits per heavy atom. The standard InChI is InChI=1S/C6H12N2/c1-6(3-4-7)5-8-2/h6,8H,3,5H2,1-2H3. The van der Waals surface area contributed by atoms with Gasteiger partial charge in [0.15, 0.2) is 0 Å². The molecule has 0 aromatic carbocycles. The first-order chi connectivity index (χ1) is 3.81. The smallest absolute Gasteiger partial charge is 0.0625 e. The van der Waals surface area contributed by atoms with Crippen molar-refractivity contribution in [2.24, 2.45) is 5.92 Å². The van der Waals surface area contributed by atoms with Crippen LogP contribution in [0.4, 0.5) is 0 Å². The van der Waals surface area contributed by atoms with Crippen molar-refractivity contribution in [3.8, 4) is 6.07 Å². The van der Waals surface area contributed by atoms with Gasteiger partial charge in [0.25, 0.3) is 0 Å². The molecule has 0 radical (unpaired) electrons. The Kier molecular flexibility index (Phi) is 4.29. The van der Waals surface area contributed by atoms with Gasteiger partial charge in [-0.25, -0.2) is 0 Å². The Balaban J connectivity index is 3.08. The molecule has 0 aliphatic heterocycles. The molecule has 0 heterocycles. The number of hydrogen-bond acceptors (Lipinski definition) is 2. The van der Waals surface area contributed by atoms with Crippen molar-refractivity contribution < 1.29 is 0 Å². The first-order valence-electron chi connectivity index (χ1n) is 2.82. The van der Waals surface area contributed by atoms with Crippen molar-refractivity contribution in [3.05, 3.63) is 0 Å². The van der Waals surface area contributed by atoms with E-state index in [0.717, 1.165) is 6.54 Å². The molecule has 46 valence electrons. The van der Waals surface area contributed by atoms with E-state index in [-0.39, 0.29) is 0 Å². The number of hydrogen-bond donors (Lipinski definition) is 1. The highest BCUT2D eigenvalue weighted by molar-refractivity contribution is 4.73. The highest BCUT2D eigenvalue weighted by Gasteiger charge is 1.95. The van der Waals surface area contributed by atoms with E-state index in [1.807, 2.05) is 7.05 Å². The molecule has 0 aliphatic carbocycles. The van der Waals surface area contributed by atoms with Gasteiger partial charge < -0.3 is 5.32 Å². The summed E-state index contributed by atoms with van der Waals surface area (Å²) in [7, 11) is 1.90. The highest BCUT2D eigenvalue weighted by atomic mass is 14.8. The number of nitriles is 1. The number of nitrogens with one attached hydrogen (secondary N) is 1. The van der Waals surface area contributed by atoms with E-state index in [1.165, 1.54) is 0 Å². The zero-order valence-electron chi connectivity index (χ0n) is 5.44. The third-order valence-electron chi connectivity index (χ3n) is 0.992. The average Bonchev–Trinajstić information content (AvgIpc) is 1.68. The lowest BCUT2D eigenvalue weighted by molar-refractivity contribution is 0.556. The van der Waals surface area contributed by atoms with Gasteiger partial charge in [0.05, 0.1) is 6.07 Å². The predicted octanol–water partition coefficient (Wildman–Crippen LogP) is 0.756. The summed E-state index contributed by atoms with van der Waals surface area (Å²) in [6.07, 6.45) is 0.654. The lowest BCUT2D eigenvalue weighted by Gasteiger charge is -2.02. The Hall–Kier alpha value is -0.550. The van der Waals surface area contributed by atoms with Crippen LogP contribution in [0.3, 0.4) is 0 Å². The van der Waals surface area contributed by atoms with Gasteiger partial charge >= 0.3 is 0 Å². The second kappa shape index (κ2) is 4.61. The Labute approximate surface area is 50.5 Å². The average molecular weight is 112 g/mol. The van der Waals surface area contributed by atoms with E-state index in [2.05, 4.69) is 18.3 Å². The van der Waals surface area contributed by atoms with Crippen molar-refractivity contribution >= 4 is 0 Å². The molecule has 0 amide bonds. The first kappa shape index (κ1) is 7.45. The van der Waals surface area contributed by atoms with Crippen molar-refractivity contribution in [1.82, 2.24) is 5.32 Å². The molecule has 2 nitrogen and oxygen atoms in total. The van der Waals surface area contributed by atoms with Crippen molar-refractivity contribution in [2.45, 2.75) is 13.3 Å². The van der Waals surface area contributed by atoms with Crippen molar-refractivity contribution in [3.63, 3.8) is 0 Å². The summed E-state index contributed by atoms with van der Waals surface area (Å²) < 4.78 is 0. The molecular formula is C6H12N2. The lowest BCUT2D eigenvalue weighted by Crippen LogP contribution is -2.15. The Bertz CT molecular complexity index is 83.0. The van der Waals surface area contributed by atoms with Gasteiger partial charge in [-0.05, 0) is 19.5 Å². The van der Waals surface area contributed by atoms with Gasteiger partial charge in [-0.15, -0.1) is 0 Å². The first-order valence-corrected chi connectivity index (χ1v) is 2.82. The van der Waals surface area contributed by atoms with E-state index >= 15 is 0 Å². The summed E-state index contributed by atoms with van der Waals surface area (Å²) in [5, 5.41) is 11.2. The molecule has 0 rings (SSSR count). The quantitative estimate of drug-likeness (QED) is 0.585. The summed E-state index contributed by atoms with van der Waals surface area (Å²) in [5.41, 5.74) is 0. The number of rotatable bonds is 3. The summed E-state index contributed by atoms with van der Waals surface area (Å²) >= 11 is 0. The molecule has 1 unspecified atom stereocenters. The molecule has 0 bridgehead atoms. The SMILES string of the molecule is CNCC(C)CC#N. The molecule has 0 fully saturated rings. The van der Waals surface area contributed by atoms with Gasteiger partial charge in [-0.2, -0.15) is 5.26 Å². The van der Waals surface area contributed by atoms with Crippen molar-refractivity contribution in [2.75, 3.05) is 13.6 Å². The predicted molar refractivity (Wildman–Crippen MR) is 33.3 cm³/mol. The minimum atomic E-state index is 0.491. The summed E-state index contributed by atoms with van der Waals surface area (Å²) in [6.45, 7) is 2.99. The lowest BCUT2D eigenvalue weighted by atomic mass is 10.1. The minimum Gasteiger partial charge on any atom is -0.319 e. The van der Waals surface area contributed by atoms with Crippen molar-refractivity contribution in [1.29, 1.82) is 5.26 Å². The Morgan fingerprint density at radius 2 is 2.38 bits per heavy atom. The maximum Gasteiger partial charge on any atom is 0.0625 e. The molecule has 1 atom stereocenters. The number of nitrogens with zero attached hydrogens (tertiary/aromatic N) is 1. The fraction of sp³-hybridized carbons (Fsp3) is 0.833. The van der Waals surface area contributed by atoms with E-state index in [1.54, 1.807) is 0 Å². The van der Waals surface area contributed by atoms with Gasteiger partial charge in [0, 0.05) is 6.42 Å². The topological polar surface area (TPSA) is 35.8 Å². The summed E-state index contributed by atoms with van der Waals surface area (Å²) in [6, 6.07) is 2.11. The normalized spacial score (nSPS) is 12.6. The van der Waals surface area contributed by atoms with E-state index in [0.29, 0.717) is 12.3 Å². The minimum absolute atomic E-state index is 0.491. The fourth-order valence-electron chi connectivity index (χ4n) is 0.576. The summed E-state index contributed by atoms with van der Waals surface area (Å²) in [5.74, 6) is 0.491. The van der Waals surface area contributed by atoms with Gasteiger partial charge in [0.2, 0.25) is 0 Å². The molecule has 0 spiro atoms. The second-order valence-electron chi connectivity index (χ2n) is 2.03. The maximum absolute atomic E-state index is 8.19. The van der Waals surface area contributed by atoms with Gasteiger partial charge in [-0.3, -0.25) is 0 Å². The molecule has 0 saturated carbocycles. The summed E-state index contributed by atoms with van der Waals surface area (Å²) in [4.78, 5) is 0. The van der Waals surface area contributed by atoms with E-state index < -0.39 is 0 Å². The largest absolute Gasteiger partial charge is 0.319 e. The highest BCUT2D eigenvalue weighted by Crippen LogP contribution is 1.95. The van der Waals surface area contributed by atoms with Crippen LogP contribution in [0.5, 0.6) is 0 Å². The second-order valence-corrected chi connectivity index (χ2v) is 2.03. The van der Waals surface area contributed by atoms with E-state index in [4.69, 9.17) is 5.26 Å².